The second kappa shape index (κ2) is 6.85. The Balaban J connectivity index is 1.92. The number of carbonyl (C=O) groups is 2. The Bertz CT molecular complexity index is 714. The van der Waals surface area contributed by atoms with Crippen molar-refractivity contribution in [1.82, 2.24) is 5.32 Å². The first-order valence-corrected chi connectivity index (χ1v) is 6.86. The molecule has 0 aliphatic carbocycles. The van der Waals surface area contributed by atoms with Gasteiger partial charge in [0.25, 0.3) is 0 Å². The lowest BCUT2D eigenvalue weighted by molar-refractivity contribution is -0.136. The maximum absolute atomic E-state index is 13.4. The van der Waals surface area contributed by atoms with Crippen LogP contribution in [0, 0.1) is 19.7 Å². The average Bonchev–Trinajstić information content (AvgIpc) is 2.48. The number of rotatable bonds is 3. The Labute approximate surface area is 128 Å². The smallest absolute Gasteiger partial charge is 0.313 e. The molecule has 22 heavy (non-hydrogen) atoms. The van der Waals surface area contributed by atoms with E-state index in [-0.39, 0.29) is 12.2 Å². The molecular weight excluding hydrogens is 283 g/mol. The fourth-order valence-electron chi connectivity index (χ4n) is 1.94. The van der Waals surface area contributed by atoms with Crippen LogP contribution in [0.15, 0.2) is 42.5 Å². The second-order valence-electron chi connectivity index (χ2n) is 5.09. The fourth-order valence-corrected chi connectivity index (χ4v) is 1.94. The van der Waals surface area contributed by atoms with Crippen molar-refractivity contribution >= 4 is 17.5 Å². The number of anilines is 1. The van der Waals surface area contributed by atoms with Gasteiger partial charge in [-0.2, -0.15) is 0 Å². The van der Waals surface area contributed by atoms with E-state index in [2.05, 4.69) is 10.6 Å². The zero-order valence-electron chi connectivity index (χ0n) is 12.4. The Morgan fingerprint density at radius 3 is 2.50 bits per heavy atom. The number of nitrogens with one attached hydrogen (secondary N) is 2. The van der Waals surface area contributed by atoms with Gasteiger partial charge in [0.15, 0.2) is 0 Å². The van der Waals surface area contributed by atoms with E-state index >= 15 is 0 Å². The molecule has 2 rings (SSSR count). The third kappa shape index (κ3) is 4.15. The van der Waals surface area contributed by atoms with Gasteiger partial charge in [0.05, 0.1) is 0 Å². The summed E-state index contributed by atoms with van der Waals surface area (Å²) in [5, 5.41) is 4.89. The molecular formula is C17H17FN2O2. The molecule has 0 atom stereocenters. The molecule has 0 unspecified atom stereocenters. The molecule has 2 amide bonds. The Kier molecular flexibility index (Phi) is 4.88. The van der Waals surface area contributed by atoms with Gasteiger partial charge in [-0.15, -0.1) is 0 Å². The fraction of sp³-hybridized carbons (Fsp3) is 0.176. The van der Waals surface area contributed by atoms with E-state index in [1.807, 2.05) is 31.2 Å². The highest BCUT2D eigenvalue weighted by molar-refractivity contribution is 6.39. The van der Waals surface area contributed by atoms with Crippen molar-refractivity contribution in [2.45, 2.75) is 20.4 Å². The van der Waals surface area contributed by atoms with Crippen molar-refractivity contribution in [2.24, 2.45) is 0 Å². The second-order valence-corrected chi connectivity index (χ2v) is 5.09. The normalized spacial score (nSPS) is 10.1. The van der Waals surface area contributed by atoms with E-state index in [4.69, 9.17) is 0 Å². The van der Waals surface area contributed by atoms with Crippen LogP contribution < -0.4 is 10.6 Å². The first-order valence-electron chi connectivity index (χ1n) is 6.86. The zero-order valence-corrected chi connectivity index (χ0v) is 12.4. The van der Waals surface area contributed by atoms with Crippen molar-refractivity contribution in [1.29, 1.82) is 0 Å². The Morgan fingerprint density at radius 2 is 1.82 bits per heavy atom. The van der Waals surface area contributed by atoms with Crippen LogP contribution in [0.25, 0.3) is 0 Å². The number of aryl methyl sites for hydroxylation is 2. The molecule has 2 N–H and O–H groups in total. The largest absolute Gasteiger partial charge is 0.344 e. The molecule has 0 aliphatic rings. The summed E-state index contributed by atoms with van der Waals surface area (Å²) in [6, 6.07) is 11.9. The topological polar surface area (TPSA) is 58.2 Å². The SMILES string of the molecule is Cc1cccc(CNC(=O)C(=O)Nc2ccc(C)c(F)c2)c1. The number of hydrogen-bond acceptors (Lipinski definition) is 2. The lowest BCUT2D eigenvalue weighted by Gasteiger charge is -2.08. The monoisotopic (exact) mass is 300 g/mol. The van der Waals surface area contributed by atoms with Gasteiger partial charge in [-0.05, 0) is 37.1 Å². The number of benzene rings is 2. The first-order chi connectivity index (χ1) is 10.5. The molecule has 0 saturated carbocycles. The summed E-state index contributed by atoms with van der Waals surface area (Å²) >= 11 is 0. The van der Waals surface area contributed by atoms with E-state index in [1.165, 1.54) is 12.1 Å². The van der Waals surface area contributed by atoms with Crippen LogP contribution in [0.3, 0.4) is 0 Å². The van der Waals surface area contributed by atoms with Crippen molar-refractivity contribution in [3.8, 4) is 0 Å². The van der Waals surface area contributed by atoms with Gasteiger partial charge in [-0.3, -0.25) is 9.59 Å². The molecule has 0 radical (unpaired) electrons. The molecule has 0 aliphatic heterocycles. The van der Waals surface area contributed by atoms with Gasteiger partial charge < -0.3 is 10.6 Å². The van der Waals surface area contributed by atoms with Crippen molar-refractivity contribution in [3.63, 3.8) is 0 Å². The zero-order chi connectivity index (χ0) is 16.1. The standard InChI is InChI=1S/C17H17FN2O2/c1-11-4-3-5-13(8-11)10-19-16(21)17(22)20-14-7-6-12(2)15(18)9-14/h3-9H,10H2,1-2H3,(H,19,21)(H,20,22). The minimum atomic E-state index is -0.823. The maximum Gasteiger partial charge on any atom is 0.313 e. The van der Waals surface area contributed by atoms with Gasteiger partial charge in [0.2, 0.25) is 0 Å². The van der Waals surface area contributed by atoms with Gasteiger partial charge in [-0.25, -0.2) is 4.39 Å². The quantitative estimate of drug-likeness (QED) is 0.856. The van der Waals surface area contributed by atoms with Crippen LogP contribution in [0.1, 0.15) is 16.7 Å². The van der Waals surface area contributed by atoms with Crippen LogP contribution >= 0.6 is 0 Å². The average molecular weight is 300 g/mol. The van der Waals surface area contributed by atoms with Gasteiger partial charge in [-0.1, -0.05) is 35.9 Å². The number of amides is 2. The van der Waals surface area contributed by atoms with Crippen molar-refractivity contribution < 1.29 is 14.0 Å². The summed E-state index contributed by atoms with van der Waals surface area (Å²) in [6.45, 7) is 3.83. The number of halogens is 1. The predicted octanol–water partition coefficient (Wildman–Crippen LogP) is 2.70. The van der Waals surface area contributed by atoms with Crippen LogP contribution in [-0.4, -0.2) is 11.8 Å². The van der Waals surface area contributed by atoms with E-state index in [9.17, 15) is 14.0 Å². The molecule has 2 aromatic carbocycles. The minimum Gasteiger partial charge on any atom is -0.344 e. The molecule has 0 heterocycles. The van der Waals surface area contributed by atoms with Crippen LogP contribution in [0.5, 0.6) is 0 Å². The predicted molar refractivity (Wildman–Crippen MR) is 82.8 cm³/mol. The van der Waals surface area contributed by atoms with Crippen LogP contribution in [0.2, 0.25) is 0 Å². The molecule has 0 saturated heterocycles. The molecule has 2 aromatic rings. The van der Waals surface area contributed by atoms with Crippen molar-refractivity contribution in [2.75, 3.05) is 5.32 Å². The molecule has 0 bridgehead atoms. The highest BCUT2D eigenvalue weighted by atomic mass is 19.1. The Morgan fingerprint density at radius 1 is 1.05 bits per heavy atom. The van der Waals surface area contributed by atoms with E-state index in [0.717, 1.165) is 11.1 Å². The Hall–Kier alpha value is -2.69. The lowest BCUT2D eigenvalue weighted by Crippen LogP contribution is -2.35. The van der Waals surface area contributed by atoms with E-state index < -0.39 is 17.6 Å². The van der Waals surface area contributed by atoms with Gasteiger partial charge in [0, 0.05) is 12.2 Å². The van der Waals surface area contributed by atoms with Crippen molar-refractivity contribution in [3.05, 3.63) is 65.0 Å². The summed E-state index contributed by atoms with van der Waals surface area (Å²) < 4.78 is 13.4. The lowest BCUT2D eigenvalue weighted by atomic mass is 10.1. The highest BCUT2D eigenvalue weighted by Gasteiger charge is 2.13. The molecule has 4 nitrogen and oxygen atoms in total. The molecule has 0 spiro atoms. The third-order valence-electron chi connectivity index (χ3n) is 3.17. The van der Waals surface area contributed by atoms with E-state index in [0.29, 0.717) is 5.56 Å². The molecule has 114 valence electrons. The van der Waals surface area contributed by atoms with Gasteiger partial charge >= 0.3 is 11.8 Å². The highest BCUT2D eigenvalue weighted by Crippen LogP contribution is 2.13. The summed E-state index contributed by atoms with van der Waals surface area (Å²) in [7, 11) is 0. The summed E-state index contributed by atoms with van der Waals surface area (Å²) in [6.07, 6.45) is 0. The third-order valence-corrected chi connectivity index (χ3v) is 3.17. The summed E-state index contributed by atoms with van der Waals surface area (Å²) in [5.74, 6) is -2.02. The summed E-state index contributed by atoms with van der Waals surface area (Å²) in [4.78, 5) is 23.5. The molecule has 0 fully saturated rings. The van der Waals surface area contributed by atoms with E-state index in [1.54, 1.807) is 13.0 Å². The van der Waals surface area contributed by atoms with Crippen LogP contribution in [0.4, 0.5) is 10.1 Å². The number of carbonyl (C=O) groups excluding carboxylic acids is 2. The molecule has 5 heteroatoms. The minimum absolute atomic E-state index is 0.249. The number of hydrogen-bond donors (Lipinski definition) is 2. The van der Waals surface area contributed by atoms with Gasteiger partial charge in [0.1, 0.15) is 5.82 Å². The maximum atomic E-state index is 13.4. The first kappa shape index (κ1) is 15.7. The molecule has 0 aromatic heterocycles. The summed E-state index contributed by atoms with van der Waals surface area (Å²) in [5.41, 5.74) is 2.70. The van der Waals surface area contributed by atoms with Crippen LogP contribution in [-0.2, 0) is 16.1 Å².